The Kier molecular flexibility index (Phi) is 6.38. The molecule has 0 atom stereocenters. The monoisotopic (exact) mass is 315 g/mol. The van der Waals surface area contributed by atoms with Crippen molar-refractivity contribution in [1.29, 1.82) is 0 Å². The van der Waals surface area contributed by atoms with E-state index < -0.39 is 10.1 Å². The zero-order valence-corrected chi connectivity index (χ0v) is 14.1. The van der Waals surface area contributed by atoms with E-state index in [1.54, 1.807) is 24.3 Å². The molecule has 0 radical (unpaired) electrons. The molecule has 0 bridgehead atoms. The molecule has 0 spiro atoms. The maximum atomic E-state index is 10.9. The van der Waals surface area contributed by atoms with E-state index in [2.05, 4.69) is 10.5 Å². The molecular weight excluding hydrogens is 303 g/mol. The predicted octanol–water partition coefficient (Wildman–Crippen LogP) is -0.911. The molecule has 6 nitrogen and oxygen atoms in total. The van der Waals surface area contributed by atoms with Crippen LogP contribution in [0.15, 0.2) is 58.5 Å². The van der Waals surface area contributed by atoms with Crippen molar-refractivity contribution in [3.63, 3.8) is 0 Å². The molecule has 0 aromatic heterocycles. The minimum Gasteiger partial charge on any atom is -0.507 e. The van der Waals surface area contributed by atoms with E-state index >= 15 is 0 Å². The van der Waals surface area contributed by atoms with Crippen LogP contribution < -0.4 is 35.0 Å². The molecule has 0 amide bonds. The van der Waals surface area contributed by atoms with E-state index in [-0.39, 0.29) is 40.2 Å². The van der Waals surface area contributed by atoms with Crippen molar-refractivity contribution >= 4 is 22.0 Å². The largest absolute Gasteiger partial charge is 1.00 e. The van der Waals surface area contributed by atoms with Crippen molar-refractivity contribution in [1.82, 2.24) is 0 Å². The van der Waals surface area contributed by atoms with Crippen molar-refractivity contribution < 1.29 is 47.6 Å². The van der Waals surface area contributed by atoms with Crippen LogP contribution in [0.3, 0.4) is 0 Å². The molecule has 3 N–H and O–H groups in total. The first kappa shape index (κ1) is 17.7. The van der Waals surface area contributed by atoms with Gasteiger partial charge >= 0.3 is 29.6 Å². The number of phenols is 1. The summed E-state index contributed by atoms with van der Waals surface area (Å²) in [6.07, 6.45) is 1.44. The molecule has 104 valence electrons. The number of hydrogen-bond donors (Lipinski definition) is 3. The Morgan fingerprint density at radius 3 is 2.24 bits per heavy atom. The number of anilines is 1. The van der Waals surface area contributed by atoms with Gasteiger partial charge in [0.15, 0.2) is 0 Å². The number of hydrazone groups is 1. The first-order chi connectivity index (χ1) is 9.47. The van der Waals surface area contributed by atoms with E-state index in [4.69, 9.17) is 4.55 Å². The maximum absolute atomic E-state index is 10.9. The second-order valence-corrected chi connectivity index (χ2v) is 5.35. The summed E-state index contributed by atoms with van der Waals surface area (Å²) in [7, 11) is -4.19. The Hall–Kier alpha value is -1.38. The van der Waals surface area contributed by atoms with Gasteiger partial charge in [-0.05, 0) is 36.4 Å². The van der Waals surface area contributed by atoms with Crippen molar-refractivity contribution in [2.45, 2.75) is 4.90 Å². The zero-order chi connectivity index (χ0) is 14.6. The van der Waals surface area contributed by atoms with Gasteiger partial charge in [-0.25, -0.2) is 0 Å². The third kappa shape index (κ3) is 5.14. The molecule has 0 saturated heterocycles. The van der Waals surface area contributed by atoms with E-state index in [0.717, 1.165) is 0 Å². The fraction of sp³-hybridized carbons (Fsp3) is 0. The van der Waals surface area contributed by atoms with E-state index in [1.165, 1.54) is 30.5 Å². The van der Waals surface area contributed by atoms with Crippen LogP contribution in [0.25, 0.3) is 0 Å². The number of rotatable bonds is 4. The summed E-state index contributed by atoms with van der Waals surface area (Å²) in [6, 6.07) is 12.2. The molecule has 21 heavy (non-hydrogen) atoms. The molecule has 0 aliphatic rings. The zero-order valence-electron chi connectivity index (χ0n) is 11.3. The van der Waals surface area contributed by atoms with Crippen LogP contribution in [0.5, 0.6) is 5.75 Å². The molecule has 0 saturated carbocycles. The minimum atomic E-state index is -4.19. The molecule has 0 unspecified atom stereocenters. The molecule has 2 aromatic rings. The predicted molar refractivity (Wildman–Crippen MR) is 75.6 cm³/mol. The number of nitrogens with one attached hydrogen (secondary N) is 1. The number of benzene rings is 2. The molecule has 0 aliphatic carbocycles. The van der Waals surface area contributed by atoms with Gasteiger partial charge in [-0.15, -0.1) is 0 Å². The normalized spacial score (nSPS) is 11.1. The molecular formula is C13H12N2NaO4S+. The molecule has 2 rings (SSSR count). The fourth-order valence-corrected chi connectivity index (χ4v) is 1.95. The summed E-state index contributed by atoms with van der Waals surface area (Å²) in [4.78, 5) is -0.187. The van der Waals surface area contributed by atoms with Gasteiger partial charge in [-0.2, -0.15) is 13.5 Å². The van der Waals surface area contributed by atoms with Gasteiger partial charge in [-0.1, -0.05) is 12.1 Å². The Bertz CT molecular complexity index is 730. The molecule has 0 heterocycles. The number of phenolic OH excluding ortho intramolecular Hbond substituents is 1. The van der Waals surface area contributed by atoms with E-state index in [0.29, 0.717) is 11.3 Å². The van der Waals surface area contributed by atoms with Crippen molar-refractivity contribution in [2.24, 2.45) is 5.10 Å². The quantitative estimate of drug-likeness (QED) is 0.294. The number of nitrogens with zero attached hydrogens (tertiary/aromatic N) is 1. The van der Waals surface area contributed by atoms with Crippen LogP contribution in [0.1, 0.15) is 5.56 Å². The van der Waals surface area contributed by atoms with Gasteiger partial charge in [0.1, 0.15) is 5.75 Å². The van der Waals surface area contributed by atoms with Crippen LogP contribution >= 0.6 is 0 Å². The number of aromatic hydroxyl groups is 1. The second-order valence-electron chi connectivity index (χ2n) is 3.93. The van der Waals surface area contributed by atoms with Gasteiger partial charge in [0.25, 0.3) is 10.1 Å². The molecule has 0 fully saturated rings. The summed E-state index contributed by atoms with van der Waals surface area (Å²) in [5.41, 5.74) is 3.78. The second kappa shape index (κ2) is 7.58. The van der Waals surface area contributed by atoms with E-state index in [1.807, 2.05) is 0 Å². The first-order valence-corrected chi connectivity index (χ1v) is 7.05. The Morgan fingerprint density at radius 1 is 1.05 bits per heavy atom. The van der Waals surface area contributed by atoms with Crippen molar-refractivity contribution in [3.8, 4) is 5.75 Å². The number of hydrogen-bond acceptors (Lipinski definition) is 5. The van der Waals surface area contributed by atoms with Gasteiger partial charge < -0.3 is 5.11 Å². The van der Waals surface area contributed by atoms with Gasteiger partial charge in [0.05, 0.1) is 16.8 Å². The summed E-state index contributed by atoms with van der Waals surface area (Å²) in [5, 5.41) is 13.4. The average Bonchev–Trinajstić information content (AvgIpc) is 2.40. The third-order valence-corrected chi connectivity index (χ3v) is 3.35. The van der Waals surface area contributed by atoms with Gasteiger partial charge in [0, 0.05) is 5.56 Å². The summed E-state index contributed by atoms with van der Waals surface area (Å²) < 4.78 is 30.5. The van der Waals surface area contributed by atoms with Crippen LogP contribution in [-0.2, 0) is 10.1 Å². The molecule has 2 aromatic carbocycles. The molecule has 8 heteroatoms. The summed E-state index contributed by atoms with van der Waals surface area (Å²) in [5.74, 6) is 0.111. The summed E-state index contributed by atoms with van der Waals surface area (Å²) >= 11 is 0. The Labute approximate surface area is 144 Å². The topological polar surface area (TPSA) is 99.0 Å². The van der Waals surface area contributed by atoms with Crippen molar-refractivity contribution in [3.05, 3.63) is 54.1 Å². The van der Waals surface area contributed by atoms with Crippen LogP contribution in [0.4, 0.5) is 5.69 Å². The van der Waals surface area contributed by atoms with Crippen molar-refractivity contribution in [2.75, 3.05) is 5.43 Å². The SMILES string of the molecule is O=S(=O)(O)c1ccc(N/N=C/c2ccccc2O)cc1.[Na+]. The third-order valence-electron chi connectivity index (χ3n) is 2.49. The number of para-hydroxylation sites is 1. The average molecular weight is 315 g/mol. The minimum absolute atomic E-state index is 0. The van der Waals surface area contributed by atoms with Gasteiger partial charge in [0.2, 0.25) is 0 Å². The summed E-state index contributed by atoms with van der Waals surface area (Å²) in [6.45, 7) is 0. The standard InChI is InChI=1S/C13H12N2O4S.Na/c16-13-4-2-1-3-10(13)9-14-15-11-5-7-12(8-6-11)20(17,18)19;/h1-9,15-16H,(H,17,18,19);/q;+1/b14-9+;. The van der Waals surface area contributed by atoms with Crippen LogP contribution in [-0.4, -0.2) is 24.3 Å². The van der Waals surface area contributed by atoms with Crippen LogP contribution in [0, 0.1) is 0 Å². The fourth-order valence-electron chi connectivity index (χ4n) is 1.47. The Balaban J connectivity index is 0.00000220. The van der Waals surface area contributed by atoms with Gasteiger partial charge in [-0.3, -0.25) is 9.98 Å². The van der Waals surface area contributed by atoms with Crippen LogP contribution in [0.2, 0.25) is 0 Å². The molecule has 0 aliphatic heterocycles. The smallest absolute Gasteiger partial charge is 0.507 e. The Morgan fingerprint density at radius 2 is 1.67 bits per heavy atom. The first-order valence-electron chi connectivity index (χ1n) is 5.61. The van der Waals surface area contributed by atoms with E-state index in [9.17, 15) is 13.5 Å². The maximum Gasteiger partial charge on any atom is 1.00 e.